The van der Waals surface area contributed by atoms with Crippen LogP contribution in [0.1, 0.15) is 36.6 Å². The molecule has 3 aromatic rings. The Labute approximate surface area is 171 Å². The molecule has 1 aliphatic rings. The maximum atomic E-state index is 2.46. The summed E-state index contributed by atoms with van der Waals surface area (Å²) in [6.07, 6.45) is 2.36. The Morgan fingerprint density at radius 3 is 2.19 bits per heavy atom. The molecular weight excluding hydrogens is 364 g/mol. The number of aryl methyl sites for hydroxylation is 1. The molecule has 0 aromatic heterocycles. The lowest BCUT2D eigenvalue weighted by Gasteiger charge is -2.45. The first-order valence-corrected chi connectivity index (χ1v) is 11.4. The molecule has 0 fully saturated rings. The van der Waals surface area contributed by atoms with E-state index in [1.54, 1.807) is 0 Å². The van der Waals surface area contributed by atoms with Gasteiger partial charge in [0.1, 0.15) is 0 Å². The minimum Gasteiger partial charge on any atom is -0.122 e. The average Bonchev–Trinajstić information content (AvgIpc) is 2.70. The third-order valence-electron chi connectivity index (χ3n) is 5.51. The van der Waals surface area contributed by atoms with Gasteiger partial charge in [-0.2, -0.15) is 0 Å². The Kier molecular flexibility index (Phi) is 5.66. The third kappa shape index (κ3) is 4.12. The highest BCUT2D eigenvalue weighted by Crippen LogP contribution is 2.59. The van der Waals surface area contributed by atoms with Crippen LogP contribution < -0.4 is 0 Å². The van der Waals surface area contributed by atoms with Gasteiger partial charge in [0, 0.05) is 20.3 Å². The lowest BCUT2D eigenvalue weighted by atomic mass is 9.79. The lowest BCUT2D eigenvalue weighted by molar-refractivity contribution is 0.320. The smallest absolute Gasteiger partial charge is 0.0417 e. The molecule has 1 aliphatic heterocycles. The van der Waals surface area contributed by atoms with Crippen LogP contribution in [0.5, 0.6) is 0 Å². The van der Waals surface area contributed by atoms with Crippen LogP contribution in [0.25, 0.3) is 0 Å². The molecule has 27 heavy (non-hydrogen) atoms. The number of thioether (sulfide) groups is 2. The molecular formula is C25H26S2. The van der Waals surface area contributed by atoms with Gasteiger partial charge < -0.3 is 0 Å². The van der Waals surface area contributed by atoms with Gasteiger partial charge in [0.2, 0.25) is 0 Å². The minimum absolute atomic E-state index is 0.217. The lowest BCUT2D eigenvalue weighted by Crippen LogP contribution is -2.35. The van der Waals surface area contributed by atoms with E-state index in [0.717, 1.165) is 6.42 Å². The van der Waals surface area contributed by atoms with E-state index < -0.39 is 0 Å². The zero-order chi connectivity index (χ0) is 18.7. The molecule has 0 nitrogen and oxygen atoms in total. The van der Waals surface area contributed by atoms with Gasteiger partial charge in [-0.1, -0.05) is 80.6 Å². The minimum atomic E-state index is 0.217. The summed E-state index contributed by atoms with van der Waals surface area (Å²) in [7, 11) is 0. The van der Waals surface area contributed by atoms with Crippen molar-refractivity contribution in [1.82, 2.24) is 0 Å². The first-order valence-electron chi connectivity index (χ1n) is 9.66. The molecule has 1 heterocycles. The number of hydrogen-bond donors (Lipinski definition) is 0. The molecule has 0 saturated heterocycles. The van der Waals surface area contributed by atoms with E-state index >= 15 is 0 Å². The Balaban J connectivity index is 1.62. The van der Waals surface area contributed by atoms with Crippen LogP contribution in [0.4, 0.5) is 0 Å². The highest BCUT2D eigenvalue weighted by molar-refractivity contribution is 8.01. The molecule has 2 heteroatoms. The van der Waals surface area contributed by atoms with Gasteiger partial charge in [0.05, 0.1) is 0 Å². The number of fused-ring (bicyclic) bond motifs is 1. The molecule has 0 saturated carbocycles. The van der Waals surface area contributed by atoms with E-state index in [4.69, 9.17) is 0 Å². The summed E-state index contributed by atoms with van der Waals surface area (Å²) in [4.78, 5) is 2.82. The highest BCUT2D eigenvalue weighted by Gasteiger charge is 2.43. The molecule has 0 radical (unpaired) electrons. The average molecular weight is 391 g/mol. The van der Waals surface area contributed by atoms with Gasteiger partial charge in [-0.05, 0) is 47.6 Å². The summed E-state index contributed by atoms with van der Waals surface area (Å²) < 4.78 is 0. The monoisotopic (exact) mass is 390 g/mol. The van der Waals surface area contributed by atoms with Crippen molar-refractivity contribution >= 4 is 23.5 Å². The standard InChI is InChI=1S/C25H26S2/c1-25(2)23(18-17-19-11-5-3-6-12-19)27-22-16-10-9-15-21(22)24(25)26-20-13-7-4-8-14-20/h3-16,23-24H,17-18H2,1-2H3/t23-,24+/m1/s1. The largest absolute Gasteiger partial charge is 0.122 e. The Hall–Kier alpha value is -1.64. The fourth-order valence-electron chi connectivity index (χ4n) is 3.90. The maximum Gasteiger partial charge on any atom is 0.0417 e. The van der Waals surface area contributed by atoms with Crippen molar-refractivity contribution in [2.45, 2.75) is 47.0 Å². The van der Waals surface area contributed by atoms with Gasteiger partial charge in [0.15, 0.2) is 0 Å². The van der Waals surface area contributed by atoms with Gasteiger partial charge in [-0.3, -0.25) is 0 Å². The predicted molar refractivity (Wildman–Crippen MR) is 120 cm³/mol. The SMILES string of the molecule is CC1(C)[C@@H](CCc2ccccc2)Sc2ccccc2[C@@H]1Sc1ccccc1. The van der Waals surface area contributed by atoms with E-state index in [2.05, 4.69) is 111 Å². The predicted octanol–water partition coefficient (Wildman–Crippen LogP) is 7.65. The topological polar surface area (TPSA) is 0 Å². The fourth-order valence-corrected chi connectivity index (χ4v) is 6.91. The van der Waals surface area contributed by atoms with Gasteiger partial charge in [0.25, 0.3) is 0 Å². The first-order chi connectivity index (χ1) is 13.1. The zero-order valence-electron chi connectivity index (χ0n) is 16.0. The van der Waals surface area contributed by atoms with Crippen molar-refractivity contribution in [3.8, 4) is 0 Å². The summed E-state index contributed by atoms with van der Waals surface area (Å²) in [5.41, 5.74) is 3.16. The third-order valence-corrected chi connectivity index (χ3v) is 8.91. The second kappa shape index (κ2) is 8.16. The summed E-state index contributed by atoms with van der Waals surface area (Å²) in [6, 6.07) is 30.8. The Morgan fingerprint density at radius 2 is 1.44 bits per heavy atom. The molecule has 0 unspecified atom stereocenters. The summed E-state index contributed by atoms with van der Waals surface area (Å²) in [6.45, 7) is 4.93. The highest BCUT2D eigenvalue weighted by atomic mass is 32.2. The van der Waals surface area contributed by atoms with Crippen molar-refractivity contribution in [1.29, 1.82) is 0 Å². The van der Waals surface area contributed by atoms with Crippen molar-refractivity contribution in [2.75, 3.05) is 0 Å². The van der Waals surface area contributed by atoms with E-state index in [1.165, 1.54) is 27.3 Å². The normalized spacial score (nSPS) is 20.8. The molecule has 138 valence electrons. The quantitative estimate of drug-likeness (QED) is 0.439. The summed E-state index contributed by atoms with van der Waals surface area (Å²) in [5, 5.41) is 1.08. The molecule has 0 amide bonds. The van der Waals surface area contributed by atoms with Crippen molar-refractivity contribution in [3.05, 3.63) is 96.1 Å². The number of hydrogen-bond acceptors (Lipinski definition) is 2. The van der Waals surface area contributed by atoms with Gasteiger partial charge >= 0.3 is 0 Å². The van der Waals surface area contributed by atoms with E-state index in [1.807, 2.05) is 11.8 Å². The maximum absolute atomic E-state index is 2.46. The second-order valence-electron chi connectivity index (χ2n) is 7.80. The van der Waals surface area contributed by atoms with Crippen LogP contribution in [0.15, 0.2) is 94.7 Å². The van der Waals surface area contributed by atoms with E-state index in [0.29, 0.717) is 10.5 Å². The molecule has 0 spiro atoms. The van der Waals surface area contributed by atoms with Crippen LogP contribution in [0.3, 0.4) is 0 Å². The van der Waals surface area contributed by atoms with Crippen LogP contribution in [0.2, 0.25) is 0 Å². The Morgan fingerprint density at radius 1 is 0.815 bits per heavy atom. The fraction of sp³-hybridized carbons (Fsp3) is 0.280. The van der Waals surface area contributed by atoms with Crippen LogP contribution >= 0.6 is 23.5 Å². The Bertz CT molecular complexity index is 871. The van der Waals surface area contributed by atoms with Crippen molar-refractivity contribution in [2.24, 2.45) is 5.41 Å². The number of rotatable bonds is 5. The molecule has 3 aromatic carbocycles. The van der Waals surface area contributed by atoms with E-state index in [-0.39, 0.29) is 5.41 Å². The molecule has 2 atom stereocenters. The van der Waals surface area contributed by atoms with E-state index in [9.17, 15) is 0 Å². The second-order valence-corrected chi connectivity index (χ2v) is 10.2. The van der Waals surface area contributed by atoms with Gasteiger partial charge in [-0.15, -0.1) is 23.5 Å². The summed E-state index contributed by atoms with van der Waals surface area (Å²) >= 11 is 4.11. The molecule has 0 bridgehead atoms. The molecule has 0 aliphatic carbocycles. The van der Waals surface area contributed by atoms with Crippen LogP contribution in [-0.2, 0) is 6.42 Å². The van der Waals surface area contributed by atoms with Gasteiger partial charge in [-0.25, -0.2) is 0 Å². The van der Waals surface area contributed by atoms with Crippen LogP contribution in [-0.4, -0.2) is 5.25 Å². The number of benzene rings is 3. The molecule has 0 N–H and O–H groups in total. The van der Waals surface area contributed by atoms with Crippen molar-refractivity contribution in [3.63, 3.8) is 0 Å². The first kappa shape index (κ1) is 18.7. The molecule has 4 rings (SSSR count). The van der Waals surface area contributed by atoms with Crippen molar-refractivity contribution < 1.29 is 0 Å². The zero-order valence-corrected chi connectivity index (χ0v) is 17.6. The van der Waals surface area contributed by atoms with Crippen LogP contribution in [0, 0.1) is 5.41 Å². The summed E-state index contributed by atoms with van der Waals surface area (Å²) in [5.74, 6) is 0.